The third-order valence-electron chi connectivity index (χ3n) is 8.18. The summed E-state index contributed by atoms with van der Waals surface area (Å²) in [5, 5.41) is 58.7. The van der Waals surface area contributed by atoms with Gasteiger partial charge in [-0.3, -0.25) is 13.8 Å². The lowest BCUT2D eigenvalue weighted by atomic mass is 9.85. The normalized spacial score (nSPS) is 25.9. The van der Waals surface area contributed by atoms with Gasteiger partial charge in [0.05, 0.1) is 6.61 Å². The van der Waals surface area contributed by atoms with Gasteiger partial charge in [-0.05, 0) is 6.42 Å². The zero-order chi connectivity index (χ0) is 32.8. The van der Waals surface area contributed by atoms with Gasteiger partial charge in [0.15, 0.2) is 0 Å². The Morgan fingerprint density at radius 1 is 0.614 bits per heavy atom. The van der Waals surface area contributed by atoms with Crippen molar-refractivity contribution in [3.8, 4) is 0 Å². The predicted octanol–water partition coefficient (Wildman–Crippen LogP) is 4.03. The number of ether oxygens (including phenoxy) is 1. The number of esters is 1. The highest BCUT2D eigenvalue weighted by Gasteiger charge is 2.51. The lowest BCUT2D eigenvalue weighted by Crippen LogP contribution is -2.64. The van der Waals surface area contributed by atoms with Gasteiger partial charge in [-0.2, -0.15) is 0 Å². The lowest BCUT2D eigenvalue weighted by Gasteiger charge is -2.41. The summed E-state index contributed by atoms with van der Waals surface area (Å²) in [6.07, 6.45) is 10.9. The molecule has 1 saturated carbocycles. The van der Waals surface area contributed by atoms with Crippen LogP contribution in [-0.4, -0.2) is 97.4 Å². The van der Waals surface area contributed by atoms with Gasteiger partial charge in [-0.15, -0.1) is 0 Å². The molecule has 6 unspecified atom stereocenters. The lowest BCUT2D eigenvalue weighted by molar-refractivity contribution is -0.220. The number of phosphoric acid groups is 1. The largest absolute Gasteiger partial charge is 0.472 e. The number of aliphatic hydroxyl groups excluding tert-OH is 6. The quantitative estimate of drug-likeness (QED) is 0.0380. The Bertz CT molecular complexity index is 756. The van der Waals surface area contributed by atoms with E-state index < -0.39 is 69.7 Å². The molecular weight excluding hydrogens is 595 g/mol. The molecule has 0 aromatic carbocycles. The molecule has 0 aromatic heterocycles. The fourth-order valence-electron chi connectivity index (χ4n) is 5.34. The fourth-order valence-corrected chi connectivity index (χ4v) is 6.32. The number of hydrogen-bond donors (Lipinski definition) is 7. The molecule has 262 valence electrons. The average Bonchev–Trinajstić information content (AvgIpc) is 3.00. The van der Waals surface area contributed by atoms with E-state index in [-0.39, 0.29) is 6.42 Å². The summed E-state index contributed by atoms with van der Waals surface area (Å²) in [5.41, 5.74) is 0. The first-order chi connectivity index (χ1) is 21.0. The minimum Gasteiger partial charge on any atom is -0.463 e. The van der Waals surface area contributed by atoms with Crippen LogP contribution >= 0.6 is 7.82 Å². The molecule has 0 saturated heterocycles. The molecule has 1 rings (SSSR count). The van der Waals surface area contributed by atoms with Gasteiger partial charge in [0.25, 0.3) is 0 Å². The van der Waals surface area contributed by atoms with Crippen molar-refractivity contribution in [3.63, 3.8) is 0 Å². The summed E-state index contributed by atoms with van der Waals surface area (Å²) >= 11 is 0. The van der Waals surface area contributed by atoms with Gasteiger partial charge < -0.3 is 40.3 Å². The van der Waals surface area contributed by atoms with Crippen LogP contribution in [0.2, 0.25) is 0 Å². The molecule has 6 atom stereocenters. The van der Waals surface area contributed by atoms with Crippen LogP contribution in [0.25, 0.3) is 0 Å². The van der Waals surface area contributed by atoms with Crippen LogP contribution in [0.15, 0.2) is 0 Å². The van der Waals surface area contributed by atoms with E-state index in [1.807, 2.05) is 0 Å². The number of carbonyl (C=O) groups is 1. The van der Waals surface area contributed by atoms with E-state index in [4.69, 9.17) is 4.74 Å². The average molecular weight is 657 g/mol. The summed E-state index contributed by atoms with van der Waals surface area (Å²) in [6, 6.07) is 0. The van der Waals surface area contributed by atoms with Crippen molar-refractivity contribution in [1.82, 2.24) is 0 Å². The molecule has 0 spiro atoms. The minimum atomic E-state index is -4.98. The second-order valence-electron chi connectivity index (χ2n) is 12.2. The first kappa shape index (κ1) is 41.4. The van der Waals surface area contributed by atoms with Crippen molar-refractivity contribution in [2.24, 2.45) is 0 Å². The third-order valence-corrected chi connectivity index (χ3v) is 9.16. The SMILES string of the molecule is CCCCCCCCCCCCCCCCCCCCCC(=O)OCC(O)COP(=O)(O)OC1C(O)C(O)C(O)C(O)C1O. The molecular formula is C31H61O12P. The minimum absolute atomic E-state index is 0.196. The Morgan fingerprint density at radius 3 is 1.39 bits per heavy atom. The maximum Gasteiger partial charge on any atom is 0.472 e. The molecule has 7 N–H and O–H groups in total. The first-order valence-electron chi connectivity index (χ1n) is 16.9. The number of hydrogen-bond acceptors (Lipinski definition) is 11. The number of aliphatic hydroxyl groups is 6. The molecule has 12 nitrogen and oxygen atoms in total. The van der Waals surface area contributed by atoms with Crippen molar-refractivity contribution in [3.05, 3.63) is 0 Å². The molecule has 0 aromatic rings. The summed E-state index contributed by atoms with van der Waals surface area (Å²) < 4.78 is 26.4. The topological polar surface area (TPSA) is 203 Å². The van der Waals surface area contributed by atoms with E-state index in [0.717, 1.165) is 19.3 Å². The molecule has 0 bridgehead atoms. The number of carbonyl (C=O) groups excluding carboxylic acids is 1. The molecule has 13 heteroatoms. The van der Waals surface area contributed by atoms with Crippen molar-refractivity contribution < 1.29 is 58.7 Å². The predicted molar refractivity (Wildman–Crippen MR) is 166 cm³/mol. The molecule has 0 heterocycles. The highest BCUT2D eigenvalue weighted by atomic mass is 31.2. The number of phosphoric ester groups is 1. The Morgan fingerprint density at radius 2 is 0.977 bits per heavy atom. The van der Waals surface area contributed by atoms with Gasteiger partial charge in [0, 0.05) is 6.42 Å². The van der Waals surface area contributed by atoms with Crippen LogP contribution < -0.4 is 0 Å². The van der Waals surface area contributed by atoms with Crippen molar-refractivity contribution in [1.29, 1.82) is 0 Å². The van der Waals surface area contributed by atoms with E-state index in [2.05, 4.69) is 16.0 Å². The van der Waals surface area contributed by atoms with E-state index in [0.29, 0.717) is 6.42 Å². The van der Waals surface area contributed by atoms with Crippen LogP contribution in [-0.2, 0) is 23.1 Å². The van der Waals surface area contributed by atoms with Crippen LogP contribution in [0, 0.1) is 0 Å². The maximum atomic E-state index is 12.2. The van der Waals surface area contributed by atoms with Crippen molar-refractivity contribution in [2.75, 3.05) is 13.2 Å². The van der Waals surface area contributed by atoms with Gasteiger partial charge >= 0.3 is 13.8 Å². The Balaban J connectivity index is 1.98. The second kappa shape index (κ2) is 24.5. The molecule has 1 fully saturated rings. The second-order valence-corrected chi connectivity index (χ2v) is 13.6. The monoisotopic (exact) mass is 656 g/mol. The smallest absolute Gasteiger partial charge is 0.463 e. The summed E-state index contributed by atoms with van der Waals surface area (Å²) in [6.45, 7) is 1.01. The van der Waals surface area contributed by atoms with Crippen molar-refractivity contribution in [2.45, 2.75) is 178 Å². The van der Waals surface area contributed by atoms with Crippen molar-refractivity contribution >= 4 is 13.8 Å². The maximum absolute atomic E-state index is 12.2. The summed E-state index contributed by atoms with van der Waals surface area (Å²) in [5.74, 6) is -0.505. The van der Waals surface area contributed by atoms with E-state index in [9.17, 15) is 44.9 Å². The number of unbranched alkanes of at least 4 members (excludes halogenated alkanes) is 18. The van der Waals surface area contributed by atoms with Gasteiger partial charge in [0.1, 0.15) is 49.3 Å². The molecule has 1 aliphatic rings. The van der Waals surface area contributed by atoms with Gasteiger partial charge in [-0.25, -0.2) is 4.57 Å². The van der Waals surface area contributed by atoms with Gasteiger partial charge in [0.2, 0.25) is 0 Å². The summed E-state index contributed by atoms with van der Waals surface area (Å²) in [4.78, 5) is 21.8. The fraction of sp³-hybridized carbons (Fsp3) is 0.968. The Kier molecular flexibility index (Phi) is 23.0. The van der Waals surface area contributed by atoms with E-state index >= 15 is 0 Å². The highest BCUT2D eigenvalue weighted by molar-refractivity contribution is 7.47. The van der Waals surface area contributed by atoms with E-state index in [1.54, 1.807) is 0 Å². The van der Waals surface area contributed by atoms with Crippen LogP contribution in [0.3, 0.4) is 0 Å². The Hall–Kier alpha value is -0.660. The standard InChI is InChI=1S/C31H61O12P/c1-2-3-4-5-6-7-8-9-10-11-12-13-14-15-16-17-18-19-20-21-25(33)41-22-24(32)23-42-44(39,40)43-31-29(37)27(35)26(34)28(36)30(31)38/h24,26-32,34-38H,2-23H2,1H3,(H,39,40). The third kappa shape index (κ3) is 18.5. The molecule has 44 heavy (non-hydrogen) atoms. The Labute approximate surface area is 263 Å². The first-order valence-corrected chi connectivity index (χ1v) is 18.4. The van der Waals surface area contributed by atoms with E-state index in [1.165, 1.54) is 96.3 Å². The molecule has 1 aliphatic carbocycles. The molecule has 0 aliphatic heterocycles. The summed E-state index contributed by atoms with van der Waals surface area (Å²) in [7, 11) is -4.98. The van der Waals surface area contributed by atoms with Crippen LogP contribution in [0.1, 0.15) is 135 Å². The zero-order valence-electron chi connectivity index (χ0n) is 26.7. The molecule has 0 radical (unpaired) electrons. The van der Waals surface area contributed by atoms with Crippen LogP contribution in [0.5, 0.6) is 0 Å². The number of rotatable bonds is 27. The zero-order valence-corrected chi connectivity index (χ0v) is 27.6. The van der Waals surface area contributed by atoms with Crippen LogP contribution in [0.4, 0.5) is 0 Å². The highest BCUT2D eigenvalue weighted by Crippen LogP contribution is 2.47. The van der Waals surface area contributed by atoms with Gasteiger partial charge in [-0.1, -0.05) is 122 Å². The molecule has 0 amide bonds.